The lowest BCUT2D eigenvalue weighted by Gasteiger charge is -2.03. The minimum atomic E-state index is -0.0102. The lowest BCUT2D eigenvalue weighted by Crippen LogP contribution is -2.18. The van der Waals surface area contributed by atoms with Gasteiger partial charge in [-0.2, -0.15) is 0 Å². The molecule has 0 fully saturated rings. The average molecular weight is 232 g/mol. The van der Waals surface area contributed by atoms with Crippen LogP contribution in [0.15, 0.2) is 35.8 Å². The molecule has 1 aromatic heterocycles. The van der Waals surface area contributed by atoms with Crippen molar-refractivity contribution in [2.75, 3.05) is 0 Å². The molecule has 0 spiro atoms. The molecule has 0 unspecified atom stereocenters. The second kappa shape index (κ2) is 4.90. The van der Waals surface area contributed by atoms with E-state index in [1.807, 2.05) is 29.6 Å². The minimum absolute atomic E-state index is 0.0102. The van der Waals surface area contributed by atoms with Crippen LogP contribution in [0.3, 0.4) is 0 Å². The van der Waals surface area contributed by atoms with E-state index in [4.69, 9.17) is 0 Å². The van der Waals surface area contributed by atoms with E-state index in [0.717, 1.165) is 16.1 Å². The second-order valence-corrected chi connectivity index (χ2v) is 4.34. The van der Waals surface area contributed by atoms with Crippen LogP contribution in [0.25, 0.3) is 10.6 Å². The molecule has 0 radical (unpaired) electrons. The van der Waals surface area contributed by atoms with Crippen molar-refractivity contribution in [1.82, 2.24) is 10.3 Å². The molecule has 4 heteroatoms. The number of nitrogens with one attached hydrogen (secondary N) is 1. The van der Waals surface area contributed by atoms with Crippen LogP contribution in [0.4, 0.5) is 0 Å². The highest BCUT2D eigenvalue weighted by Gasteiger charge is 2.00. The number of rotatable bonds is 3. The largest absolute Gasteiger partial charge is 0.352 e. The molecule has 1 heterocycles. The van der Waals surface area contributed by atoms with E-state index >= 15 is 0 Å². The summed E-state index contributed by atoms with van der Waals surface area (Å²) >= 11 is 1.62. The number of hydrogen-bond acceptors (Lipinski definition) is 3. The van der Waals surface area contributed by atoms with E-state index in [-0.39, 0.29) is 5.91 Å². The van der Waals surface area contributed by atoms with Crippen molar-refractivity contribution >= 4 is 17.2 Å². The van der Waals surface area contributed by atoms with Crippen LogP contribution in [0.1, 0.15) is 12.5 Å². The molecular weight excluding hydrogens is 220 g/mol. The van der Waals surface area contributed by atoms with Crippen molar-refractivity contribution < 1.29 is 4.79 Å². The van der Waals surface area contributed by atoms with Crippen molar-refractivity contribution in [3.63, 3.8) is 0 Å². The van der Waals surface area contributed by atoms with Gasteiger partial charge in [0.15, 0.2) is 0 Å². The molecule has 16 heavy (non-hydrogen) atoms. The van der Waals surface area contributed by atoms with Gasteiger partial charge in [-0.3, -0.25) is 4.79 Å². The number of carbonyl (C=O) groups excluding carboxylic acids is 1. The van der Waals surface area contributed by atoms with Crippen LogP contribution in [-0.2, 0) is 11.3 Å². The maximum atomic E-state index is 10.8. The zero-order valence-corrected chi connectivity index (χ0v) is 9.75. The molecule has 82 valence electrons. The third kappa shape index (κ3) is 2.67. The fraction of sp³-hybridized carbons (Fsp3) is 0.167. The van der Waals surface area contributed by atoms with Crippen molar-refractivity contribution in [3.05, 3.63) is 41.4 Å². The first kappa shape index (κ1) is 10.8. The Labute approximate surface area is 98.2 Å². The maximum Gasteiger partial charge on any atom is 0.217 e. The first-order valence-corrected chi connectivity index (χ1v) is 5.87. The van der Waals surface area contributed by atoms with E-state index in [0.29, 0.717) is 6.54 Å². The summed E-state index contributed by atoms with van der Waals surface area (Å²) in [7, 11) is 0. The highest BCUT2D eigenvalue weighted by molar-refractivity contribution is 7.13. The lowest BCUT2D eigenvalue weighted by atomic mass is 10.1. The Bertz CT molecular complexity index is 462. The van der Waals surface area contributed by atoms with Crippen LogP contribution in [0.5, 0.6) is 0 Å². The molecule has 2 rings (SSSR count). The lowest BCUT2D eigenvalue weighted by molar-refractivity contribution is -0.119. The maximum absolute atomic E-state index is 10.8. The standard InChI is InChI=1S/C12H12N2OS/c1-9(15)14-8-10-2-4-11(5-3-10)12-13-6-7-16-12/h2-7H,8H2,1H3,(H,14,15). The molecule has 1 amide bonds. The molecular formula is C12H12N2OS. The minimum Gasteiger partial charge on any atom is -0.352 e. The van der Waals surface area contributed by atoms with Gasteiger partial charge in [-0.05, 0) is 5.56 Å². The Hall–Kier alpha value is -1.68. The quantitative estimate of drug-likeness (QED) is 0.883. The summed E-state index contributed by atoms with van der Waals surface area (Å²) in [6.45, 7) is 2.09. The van der Waals surface area contributed by atoms with Crippen LogP contribution >= 0.6 is 11.3 Å². The molecule has 0 atom stereocenters. The van der Waals surface area contributed by atoms with Crippen molar-refractivity contribution in [1.29, 1.82) is 0 Å². The number of benzene rings is 1. The predicted molar refractivity (Wildman–Crippen MR) is 65.1 cm³/mol. The van der Waals surface area contributed by atoms with Gasteiger partial charge < -0.3 is 5.32 Å². The van der Waals surface area contributed by atoms with E-state index in [1.165, 1.54) is 6.92 Å². The van der Waals surface area contributed by atoms with Gasteiger partial charge in [-0.1, -0.05) is 24.3 Å². The molecule has 1 aromatic carbocycles. The molecule has 0 saturated carbocycles. The summed E-state index contributed by atoms with van der Waals surface area (Å²) in [4.78, 5) is 15.0. The highest BCUT2D eigenvalue weighted by Crippen LogP contribution is 2.21. The molecule has 2 aromatic rings. The van der Waals surface area contributed by atoms with Gasteiger partial charge in [0.2, 0.25) is 5.91 Å². The summed E-state index contributed by atoms with van der Waals surface area (Å²) in [5.41, 5.74) is 2.21. The summed E-state index contributed by atoms with van der Waals surface area (Å²) < 4.78 is 0. The molecule has 0 aliphatic carbocycles. The number of nitrogens with zero attached hydrogens (tertiary/aromatic N) is 1. The molecule has 1 N–H and O–H groups in total. The van der Waals surface area contributed by atoms with Crippen molar-refractivity contribution in [2.45, 2.75) is 13.5 Å². The first-order valence-electron chi connectivity index (χ1n) is 4.99. The van der Waals surface area contributed by atoms with E-state index < -0.39 is 0 Å². The number of amides is 1. The Morgan fingerprint density at radius 3 is 2.69 bits per heavy atom. The van der Waals surface area contributed by atoms with E-state index in [2.05, 4.69) is 10.3 Å². The molecule has 0 bridgehead atoms. The van der Waals surface area contributed by atoms with Crippen molar-refractivity contribution in [3.8, 4) is 10.6 Å². The van der Waals surface area contributed by atoms with Crippen LogP contribution in [0.2, 0.25) is 0 Å². The normalized spacial score (nSPS) is 10.1. The van der Waals surface area contributed by atoms with Gasteiger partial charge in [-0.15, -0.1) is 11.3 Å². The Morgan fingerprint density at radius 2 is 2.12 bits per heavy atom. The number of carbonyl (C=O) groups is 1. The van der Waals surface area contributed by atoms with Gasteiger partial charge in [-0.25, -0.2) is 4.98 Å². The fourth-order valence-electron chi connectivity index (χ4n) is 1.36. The number of hydrogen-bond donors (Lipinski definition) is 1. The Morgan fingerprint density at radius 1 is 1.38 bits per heavy atom. The number of thiazole rings is 1. The van der Waals surface area contributed by atoms with Gasteiger partial charge in [0.25, 0.3) is 0 Å². The topological polar surface area (TPSA) is 42.0 Å². The van der Waals surface area contributed by atoms with Crippen LogP contribution in [0, 0.1) is 0 Å². The smallest absolute Gasteiger partial charge is 0.217 e. The molecule has 0 aliphatic heterocycles. The third-order valence-electron chi connectivity index (χ3n) is 2.17. The molecule has 0 aliphatic rings. The Balaban J connectivity index is 2.08. The monoisotopic (exact) mass is 232 g/mol. The van der Waals surface area contributed by atoms with Gasteiger partial charge >= 0.3 is 0 Å². The zero-order chi connectivity index (χ0) is 11.4. The zero-order valence-electron chi connectivity index (χ0n) is 8.93. The molecule has 0 saturated heterocycles. The summed E-state index contributed by atoms with van der Waals surface area (Å²) in [5, 5.41) is 5.74. The SMILES string of the molecule is CC(=O)NCc1ccc(-c2nccs2)cc1. The third-order valence-corrected chi connectivity index (χ3v) is 3.00. The van der Waals surface area contributed by atoms with E-state index in [1.54, 1.807) is 17.5 Å². The van der Waals surface area contributed by atoms with Crippen LogP contribution in [-0.4, -0.2) is 10.9 Å². The Kier molecular flexibility index (Phi) is 3.31. The van der Waals surface area contributed by atoms with Gasteiger partial charge in [0.1, 0.15) is 5.01 Å². The predicted octanol–water partition coefficient (Wildman–Crippen LogP) is 2.45. The van der Waals surface area contributed by atoms with E-state index in [9.17, 15) is 4.79 Å². The van der Waals surface area contributed by atoms with Crippen LogP contribution < -0.4 is 5.32 Å². The van der Waals surface area contributed by atoms with Gasteiger partial charge in [0.05, 0.1) is 0 Å². The first-order chi connectivity index (χ1) is 7.75. The summed E-state index contributed by atoms with van der Waals surface area (Å²) in [5.74, 6) is -0.0102. The molecule has 3 nitrogen and oxygen atoms in total. The fourth-order valence-corrected chi connectivity index (χ4v) is 2.00. The van der Waals surface area contributed by atoms with Gasteiger partial charge in [0, 0.05) is 30.6 Å². The summed E-state index contributed by atoms with van der Waals surface area (Å²) in [6, 6.07) is 8.06. The second-order valence-electron chi connectivity index (χ2n) is 3.44. The number of aromatic nitrogens is 1. The summed E-state index contributed by atoms with van der Waals surface area (Å²) in [6.07, 6.45) is 1.80. The van der Waals surface area contributed by atoms with Crippen molar-refractivity contribution in [2.24, 2.45) is 0 Å². The highest BCUT2D eigenvalue weighted by atomic mass is 32.1. The average Bonchev–Trinajstić information content (AvgIpc) is 2.80.